The van der Waals surface area contributed by atoms with E-state index in [2.05, 4.69) is 15.0 Å². The number of nitrogens with one attached hydrogen (secondary N) is 1. The number of hydrogen-bond acceptors (Lipinski definition) is 5. The molecule has 1 aromatic carbocycles. The van der Waals surface area contributed by atoms with E-state index < -0.39 is 18.7 Å². The summed E-state index contributed by atoms with van der Waals surface area (Å²) in [6.07, 6.45) is -0.369. The SMILES string of the molecule is O=C(/C=C/c1cc(Cl)c2c(c1)OCCO2)NCc1cccnc1OCC(F)(F)F. The Morgan fingerprint density at radius 1 is 1.31 bits per heavy atom. The van der Waals surface area contributed by atoms with Gasteiger partial charge in [-0.3, -0.25) is 4.79 Å². The Hall–Kier alpha value is -2.94. The van der Waals surface area contributed by atoms with Gasteiger partial charge in [-0.05, 0) is 29.8 Å². The number of ether oxygens (including phenoxy) is 3. The number of carbonyl (C=O) groups excluding carboxylic acids is 1. The number of benzene rings is 1. The molecule has 0 spiro atoms. The summed E-state index contributed by atoms with van der Waals surface area (Å²) in [4.78, 5) is 15.8. The molecule has 2 aromatic rings. The molecule has 6 nitrogen and oxygen atoms in total. The van der Waals surface area contributed by atoms with Crippen molar-refractivity contribution in [1.29, 1.82) is 0 Å². The van der Waals surface area contributed by atoms with Crippen molar-refractivity contribution in [3.8, 4) is 17.4 Å². The Morgan fingerprint density at radius 3 is 2.90 bits per heavy atom. The second kappa shape index (κ2) is 9.04. The first-order valence-electron chi connectivity index (χ1n) is 8.50. The third kappa shape index (κ3) is 6.02. The van der Waals surface area contributed by atoms with Gasteiger partial charge in [0.05, 0.1) is 5.02 Å². The van der Waals surface area contributed by atoms with Gasteiger partial charge in [0.2, 0.25) is 11.8 Å². The Morgan fingerprint density at radius 2 is 2.10 bits per heavy atom. The van der Waals surface area contributed by atoms with Crippen molar-refractivity contribution in [2.24, 2.45) is 0 Å². The molecular formula is C19H16ClF3N2O4. The second-order valence-corrected chi connectivity index (χ2v) is 6.36. The van der Waals surface area contributed by atoms with Gasteiger partial charge < -0.3 is 19.5 Å². The zero-order chi connectivity index (χ0) is 20.9. The Labute approximate surface area is 169 Å². The van der Waals surface area contributed by atoms with Crippen LogP contribution in [0.25, 0.3) is 6.08 Å². The van der Waals surface area contributed by atoms with Crippen molar-refractivity contribution >= 4 is 23.6 Å². The van der Waals surface area contributed by atoms with Crippen molar-refractivity contribution in [3.05, 3.63) is 52.7 Å². The zero-order valence-corrected chi connectivity index (χ0v) is 15.7. The summed E-state index contributed by atoms with van der Waals surface area (Å²) in [7, 11) is 0. The normalized spacial score (nSPS) is 13.4. The average molecular weight is 429 g/mol. The topological polar surface area (TPSA) is 69.7 Å². The number of halogens is 4. The van der Waals surface area contributed by atoms with Crippen molar-refractivity contribution < 1.29 is 32.2 Å². The highest BCUT2D eigenvalue weighted by Crippen LogP contribution is 2.38. The molecule has 0 bridgehead atoms. The highest BCUT2D eigenvalue weighted by Gasteiger charge is 2.29. The number of nitrogens with zero attached hydrogens (tertiary/aromatic N) is 1. The summed E-state index contributed by atoms with van der Waals surface area (Å²) in [5, 5.41) is 2.93. The summed E-state index contributed by atoms with van der Waals surface area (Å²) < 4.78 is 52.6. The van der Waals surface area contributed by atoms with Gasteiger partial charge in [0.25, 0.3) is 0 Å². The summed E-state index contributed by atoms with van der Waals surface area (Å²) >= 11 is 6.14. The predicted octanol–water partition coefficient (Wildman–Crippen LogP) is 3.78. The average Bonchev–Trinajstić information content (AvgIpc) is 2.69. The summed E-state index contributed by atoms with van der Waals surface area (Å²) in [5.74, 6) is 0.308. The fraction of sp³-hybridized carbons (Fsp3) is 0.263. The first-order valence-corrected chi connectivity index (χ1v) is 8.88. The molecule has 0 atom stereocenters. The number of fused-ring (bicyclic) bond motifs is 1. The van der Waals surface area contributed by atoms with Gasteiger partial charge in [-0.2, -0.15) is 13.2 Å². The van der Waals surface area contributed by atoms with Gasteiger partial charge >= 0.3 is 6.18 Å². The molecule has 1 aromatic heterocycles. The molecule has 0 radical (unpaired) electrons. The molecule has 29 heavy (non-hydrogen) atoms. The zero-order valence-electron chi connectivity index (χ0n) is 15.0. The molecule has 3 rings (SSSR count). The first-order chi connectivity index (χ1) is 13.8. The van der Waals surface area contributed by atoms with Crippen molar-refractivity contribution in [2.75, 3.05) is 19.8 Å². The number of aromatic nitrogens is 1. The van der Waals surface area contributed by atoms with Gasteiger partial charge in [-0.1, -0.05) is 17.7 Å². The molecule has 0 saturated heterocycles. The molecular weight excluding hydrogens is 413 g/mol. The Balaban J connectivity index is 1.60. The van der Waals surface area contributed by atoms with Crippen LogP contribution in [0.4, 0.5) is 13.2 Å². The third-order valence-electron chi connectivity index (χ3n) is 3.72. The lowest BCUT2D eigenvalue weighted by Crippen LogP contribution is -2.23. The largest absolute Gasteiger partial charge is 0.486 e. The molecule has 10 heteroatoms. The second-order valence-electron chi connectivity index (χ2n) is 5.95. The van der Waals surface area contributed by atoms with E-state index in [1.54, 1.807) is 12.1 Å². The minimum atomic E-state index is -4.48. The lowest BCUT2D eigenvalue weighted by atomic mass is 10.1. The molecule has 1 N–H and O–H groups in total. The number of alkyl halides is 3. The van der Waals surface area contributed by atoms with E-state index in [4.69, 9.17) is 21.1 Å². The van der Waals surface area contributed by atoms with Crippen LogP contribution in [0.5, 0.6) is 17.4 Å². The molecule has 1 amide bonds. The molecule has 1 aliphatic heterocycles. The highest BCUT2D eigenvalue weighted by atomic mass is 35.5. The van der Waals surface area contributed by atoms with Crippen LogP contribution in [0.2, 0.25) is 5.02 Å². The van der Waals surface area contributed by atoms with Gasteiger partial charge in [0, 0.05) is 24.4 Å². The molecule has 2 heterocycles. The Bertz CT molecular complexity index is 919. The lowest BCUT2D eigenvalue weighted by Gasteiger charge is -2.19. The fourth-order valence-corrected chi connectivity index (χ4v) is 2.75. The highest BCUT2D eigenvalue weighted by molar-refractivity contribution is 6.32. The van der Waals surface area contributed by atoms with Crippen LogP contribution in [0.3, 0.4) is 0 Å². The molecule has 154 valence electrons. The minimum absolute atomic E-state index is 0.0495. The molecule has 0 unspecified atom stereocenters. The number of hydrogen-bond donors (Lipinski definition) is 1. The van der Waals surface area contributed by atoms with E-state index in [0.29, 0.717) is 40.9 Å². The van der Waals surface area contributed by atoms with E-state index in [1.165, 1.54) is 30.5 Å². The molecule has 0 fully saturated rings. The predicted molar refractivity (Wildman–Crippen MR) is 99.1 cm³/mol. The quantitative estimate of drug-likeness (QED) is 0.709. The smallest absolute Gasteiger partial charge is 0.422 e. The first kappa shape index (κ1) is 20.8. The van der Waals surface area contributed by atoms with Crippen LogP contribution in [-0.2, 0) is 11.3 Å². The molecule has 0 saturated carbocycles. The fourth-order valence-electron chi connectivity index (χ4n) is 2.48. The molecule has 1 aliphatic rings. The van der Waals surface area contributed by atoms with E-state index in [-0.39, 0.29) is 12.4 Å². The monoisotopic (exact) mass is 428 g/mol. The maximum absolute atomic E-state index is 12.3. The summed E-state index contributed by atoms with van der Waals surface area (Å²) in [5.41, 5.74) is 0.950. The third-order valence-corrected chi connectivity index (χ3v) is 4.00. The van der Waals surface area contributed by atoms with Gasteiger partial charge in [0.1, 0.15) is 13.2 Å². The van der Waals surface area contributed by atoms with Crippen molar-refractivity contribution in [1.82, 2.24) is 10.3 Å². The van der Waals surface area contributed by atoms with E-state index >= 15 is 0 Å². The maximum atomic E-state index is 12.3. The lowest BCUT2D eigenvalue weighted by molar-refractivity contribution is -0.154. The standard InChI is InChI=1S/C19H16ClF3N2O4/c20-14-8-12(9-15-17(14)28-7-6-27-15)3-4-16(26)25-10-13-2-1-5-24-18(13)29-11-19(21,22)23/h1-5,8-9H,6-7,10-11H2,(H,25,26)/b4-3+. The van der Waals surface area contributed by atoms with Gasteiger partial charge in [-0.15, -0.1) is 0 Å². The maximum Gasteiger partial charge on any atom is 0.422 e. The number of pyridine rings is 1. The van der Waals surface area contributed by atoms with Crippen LogP contribution in [0.15, 0.2) is 36.5 Å². The number of carbonyl (C=O) groups is 1. The van der Waals surface area contributed by atoms with Crippen LogP contribution in [0.1, 0.15) is 11.1 Å². The summed E-state index contributed by atoms with van der Waals surface area (Å²) in [6.45, 7) is -0.698. The summed E-state index contributed by atoms with van der Waals surface area (Å²) in [6, 6.07) is 6.37. The van der Waals surface area contributed by atoms with Crippen LogP contribution >= 0.6 is 11.6 Å². The van der Waals surface area contributed by atoms with Gasteiger partial charge in [0.15, 0.2) is 18.1 Å². The van der Waals surface area contributed by atoms with E-state index in [1.807, 2.05) is 0 Å². The van der Waals surface area contributed by atoms with Gasteiger partial charge in [-0.25, -0.2) is 4.98 Å². The Kier molecular flexibility index (Phi) is 6.48. The van der Waals surface area contributed by atoms with Crippen LogP contribution in [-0.4, -0.2) is 36.9 Å². The van der Waals surface area contributed by atoms with Crippen LogP contribution in [0, 0.1) is 0 Å². The van der Waals surface area contributed by atoms with E-state index in [9.17, 15) is 18.0 Å². The van der Waals surface area contributed by atoms with Crippen molar-refractivity contribution in [2.45, 2.75) is 12.7 Å². The minimum Gasteiger partial charge on any atom is -0.486 e. The van der Waals surface area contributed by atoms with Crippen molar-refractivity contribution in [3.63, 3.8) is 0 Å². The number of rotatable bonds is 6. The van der Waals surface area contributed by atoms with Crippen LogP contribution < -0.4 is 19.5 Å². The number of amides is 1. The van der Waals surface area contributed by atoms with E-state index in [0.717, 1.165) is 0 Å². The molecule has 0 aliphatic carbocycles.